The lowest BCUT2D eigenvalue weighted by Crippen LogP contribution is -2.59. The second kappa shape index (κ2) is 11.6. The number of fused-ring (bicyclic) bond motifs is 1. The number of hydrogen-bond acceptors (Lipinski definition) is 9. The average molecular weight is 464 g/mol. The van der Waals surface area contributed by atoms with Crippen molar-refractivity contribution in [1.82, 2.24) is 16.0 Å². The fraction of sp³-hybridized carbons (Fsp3) is 0.895. The van der Waals surface area contributed by atoms with Crippen molar-refractivity contribution < 1.29 is 39.5 Å². The first-order chi connectivity index (χ1) is 14.9. The van der Waals surface area contributed by atoms with Crippen LogP contribution in [0.1, 0.15) is 32.1 Å². The fourth-order valence-electron chi connectivity index (χ4n) is 4.07. The molecule has 3 heterocycles. The highest BCUT2D eigenvalue weighted by molar-refractivity contribution is 8.00. The molecule has 3 amide bonds. The van der Waals surface area contributed by atoms with Crippen LogP contribution in [0.25, 0.3) is 0 Å². The first-order valence-corrected chi connectivity index (χ1v) is 11.8. The van der Waals surface area contributed by atoms with E-state index in [-0.39, 0.29) is 30.6 Å². The van der Waals surface area contributed by atoms with Crippen LogP contribution in [-0.4, -0.2) is 106 Å². The minimum Gasteiger partial charge on any atom is -0.394 e. The number of rotatable bonds is 11. The number of amides is 3. The number of nitrogens with one attached hydrogen (secondary N) is 3. The lowest BCUT2D eigenvalue weighted by molar-refractivity contribution is -0.301. The maximum absolute atomic E-state index is 12.0. The standard InChI is InChI=1S/C19H33N3O8S/c23-8-11-15(25)16(26)17(27)18(30-11)29-7-3-6-20-13(24)5-2-1-4-12-14-10(9-31-12)21-19(28)22-14/h10-12,14-18,23,25-27H,1-9H2,(H,20,24)(H2,21,22,28)/t10-,11?,12-,14-,15-,16?,17?,18+/m0/s1. The van der Waals surface area contributed by atoms with E-state index in [0.29, 0.717) is 24.6 Å². The van der Waals surface area contributed by atoms with E-state index in [1.165, 1.54) is 0 Å². The third-order valence-electron chi connectivity index (χ3n) is 5.85. The molecule has 0 aromatic heterocycles. The number of thioether (sulfide) groups is 1. The summed E-state index contributed by atoms with van der Waals surface area (Å²) in [6.45, 7) is 0.0629. The lowest BCUT2D eigenvalue weighted by Gasteiger charge is -2.39. The number of carbonyl (C=O) groups excluding carboxylic acids is 2. The van der Waals surface area contributed by atoms with Crippen molar-refractivity contribution in [2.24, 2.45) is 0 Å². The van der Waals surface area contributed by atoms with Gasteiger partial charge in [-0.3, -0.25) is 4.79 Å². The third kappa shape index (κ3) is 6.44. The molecule has 12 heteroatoms. The molecule has 3 saturated heterocycles. The highest BCUT2D eigenvalue weighted by Gasteiger charge is 2.44. The predicted molar refractivity (Wildman–Crippen MR) is 111 cm³/mol. The summed E-state index contributed by atoms with van der Waals surface area (Å²) < 4.78 is 10.6. The normalized spacial score (nSPS) is 37.2. The summed E-state index contributed by atoms with van der Waals surface area (Å²) in [6, 6.07) is 0.321. The van der Waals surface area contributed by atoms with Crippen LogP contribution >= 0.6 is 11.8 Å². The van der Waals surface area contributed by atoms with E-state index in [2.05, 4.69) is 16.0 Å². The Labute approximate surface area is 185 Å². The summed E-state index contributed by atoms with van der Waals surface area (Å²) in [5.74, 6) is 0.889. The number of unbranched alkanes of at least 4 members (excludes halogenated alkanes) is 1. The Hall–Kier alpha value is -1.15. The van der Waals surface area contributed by atoms with E-state index in [4.69, 9.17) is 14.6 Å². The molecule has 7 N–H and O–H groups in total. The molecule has 0 aliphatic carbocycles. The van der Waals surface area contributed by atoms with Gasteiger partial charge in [-0.1, -0.05) is 6.42 Å². The molecule has 0 spiro atoms. The minimum absolute atomic E-state index is 0.0411. The van der Waals surface area contributed by atoms with Gasteiger partial charge in [0, 0.05) is 24.0 Å². The molecule has 3 aliphatic heterocycles. The summed E-state index contributed by atoms with van der Waals surface area (Å²) >= 11 is 1.87. The van der Waals surface area contributed by atoms with Crippen molar-refractivity contribution in [3.05, 3.63) is 0 Å². The van der Waals surface area contributed by atoms with Crippen molar-refractivity contribution in [2.45, 2.75) is 80.1 Å². The Morgan fingerprint density at radius 2 is 1.97 bits per heavy atom. The molecule has 11 nitrogen and oxygen atoms in total. The largest absolute Gasteiger partial charge is 0.394 e. The van der Waals surface area contributed by atoms with Crippen LogP contribution in [0.2, 0.25) is 0 Å². The molecule has 8 atom stereocenters. The van der Waals surface area contributed by atoms with Gasteiger partial charge in [0.1, 0.15) is 24.4 Å². The molecule has 3 unspecified atom stereocenters. The molecule has 0 aromatic carbocycles. The molecule has 178 valence electrons. The Kier molecular flexibility index (Phi) is 9.19. The van der Waals surface area contributed by atoms with E-state index in [1.807, 2.05) is 11.8 Å². The van der Waals surface area contributed by atoms with Crippen LogP contribution < -0.4 is 16.0 Å². The summed E-state index contributed by atoms with van der Waals surface area (Å²) in [7, 11) is 0. The quantitative estimate of drug-likeness (QED) is 0.136. The molecule has 3 rings (SSSR count). The lowest BCUT2D eigenvalue weighted by atomic mass is 9.99. The van der Waals surface area contributed by atoms with Crippen molar-refractivity contribution in [3.8, 4) is 0 Å². The Morgan fingerprint density at radius 1 is 1.16 bits per heavy atom. The zero-order valence-electron chi connectivity index (χ0n) is 17.3. The van der Waals surface area contributed by atoms with Crippen molar-refractivity contribution in [3.63, 3.8) is 0 Å². The maximum atomic E-state index is 12.0. The van der Waals surface area contributed by atoms with Gasteiger partial charge in [-0.2, -0.15) is 11.8 Å². The smallest absolute Gasteiger partial charge is 0.315 e. The van der Waals surface area contributed by atoms with E-state index in [9.17, 15) is 24.9 Å². The summed E-state index contributed by atoms with van der Waals surface area (Å²) in [4.78, 5) is 23.4. The number of ether oxygens (including phenoxy) is 2. The van der Waals surface area contributed by atoms with Gasteiger partial charge >= 0.3 is 6.03 Å². The first-order valence-electron chi connectivity index (χ1n) is 10.8. The molecule has 0 saturated carbocycles. The van der Waals surface area contributed by atoms with Crippen molar-refractivity contribution in [1.29, 1.82) is 0 Å². The number of aliphatic hydroxyl groups excluding tert-OH is 4. The van der Waals surface area contributed by atoms with Crippen LogP contribution in [0.4, 0.5) is 4.79 Å². The summed E-state index contributed by atoms with van der Waals surface area (Å²) in [5.41, 5.74) is 0. The van der Waals surface area contributed by atoms with Crippen LogP contribution in [0.5, 0.6) is 0 Å². The van der Waals surface area contributed by atoms with Crippen LogP contribution in [0.15, 0.2) is 0 Å². The van der Waals surface area contributed by atoms with E-state index >= 15 is 0 Å². The topological polar surface area (TPSA) is 170 Å². The van der Waals surface area contributed by atoms with Crippen molar-refractivity contribution in [2.75, 3.05) is 25.5 Å². The van der Waals surface area contributed by atoms with Gasteiger partial charge in [-0.15, -0.1) is 0 Å². The molecular weight excluding hydrogens is 430 g/mol. The van der Waals surface area contributed by atoms with Crippen LogP contribution in [0, 0.1) is 0 Å². The fourth-order valence-corrected chi connectivity index (χ4v) is 5.61. The highest BCUT2D eigenvalue weighted by atomic mass is 32.2. The van der Waals surface area contributed by atoms with E-state index < -0.39 is 37.3 Å². The Morgan fingerprint density at radius 3 is 2.74 bits per heavy atom. The van der Waals surface area contributed by atoms with Gasteiger partial charge in [0.15, 0.2) is 6.29 Å². The first kappa shape index (κ1) is 24.5. The molecule has 0 bridgehead atoms. The SMILES string of the molecule is O=C(CCCC[C@@H]1SC[C@@H]2NC(=O)N[C@@H]21)NCCCO[C@@H]1OC(CO)[C@H](O)C(O)C1O. The zero-order chi connectivity index (χ0) is 22.4. The monoisotopic (exact) mass is 463 g/mol. The van der Waals surface area contributed by atoms with Gasteiger partial charge in [0.05, 0.1) is 25.3 Å². The van der Waals surface area contributed by atoms with Crippen LogP contribution in [-0.2, 0) is 14.3 Å². The Bertz CT molecular complexity index is 613. The average Bonchev–Trinajstić information content (AvgIpc) is 3.30. The van der Waals surface area contributed by atoms with Gasteiger partial charge in [-0.25, -0.2) is 4.79 Å². The number of aliphatic hydroxyl groups is 4. The Balaban J connectivity index is 1.21. The summed E-state index contributed by atoms with van der Waals surface area (Å²) in [5, 5.41) is 47.6. The van der Waals surface area contributed by atoms with Gasteiger partial charge in [-0.05, 0) is 19.3 Å². The van der Waals surface area contributed by atoms with E-state index in [0.717, 1.165) is 25.0 Å². The molecule has 0 radical (unpaired) electrons. The number of carbonyl (C=O) groups is 2. The molecule has 3 aliphatic rings. The number of hydrogen-bond donors (Lipinski definition) is 7. The maximum Gasteiger partial charge on any atom is 0.315 e. The predicted octanol–water partition coefficient (Wildman–Crippen LogP) is -1.96. The second-order valence-corrected chi connectivity index (χ2v) is 9.41. The van der Waals surface area contributed by atoms with Crippen molar-refractivity contribution >= 4 is 23.7 Å². The summed E-state index contributed by atoms with van der Waals surface area (Å²) in [6.07, 6.45) is -2.88. The number of urea groups is 1. The van der Waals surface area contributed by atoms with Gasteiger partial charge in [0.25, 0.3) is 0 Å². The zero-order valence-corrected chi connectivity index (χ0v) is 18.1. The third-order valence-corrected chi connectivity index (χ3v) is 7.36. The minimum atomic E-state index is -1.47. The van der Waals surface area contributed by atoms with Gasteiger partial charge in [0.2, 0.25) is 5.91 Å². The van der Waals surface area contributed by atoms with E-state index in [1.54, 1.807) is 0 Å². The highest BCUT2D eigenvalue weighted by Crippen LogP contribution is 2.33. The van der Waals surface area contributed by atoms with Gasteiger partial charge < -0.3 is 45.9 Å². The molecule has 31 heavy (non-hydrogen) atoms. The van der Waals surface area contributed by atoms with Crippen LogP contribution in [0.3, 0.4) is 0 Å². The molecular formula is C19H33N3O8S. The second-order valence-electron chi connectivity index (χ2n) is 8.14. The molecule has 3 fully saturated rings. The molecule has 0 aromatic rings.